The van der Waals surface area contributed by atoms with Crippen molar-refractivity contribution < 1.29 is 0 Å². The van der Waals surface area contributed by atoms with Gasteiger partial charge in [-0.05, 0) is 78.9 Å². The summed E-state index contributed by atoms with van der Waals surface area (Å²) in [6, 6.07) is 0. The minimum atomic E-state index is 0.603. The SMILES string of the molecule is CC(C)C1CCC(C)(C)C(C)C1.CC(C)C1CCC(C)C(C)C1. The van der Waals surface area contributed by atoms with Crippen molar-refractivity contribution in [3.8, 4) is 0 Å². The molecule has 5 unspecified atom stereocenters. The highest BCUT2D eigenvalue weighted by molar-refractivity contribution is 4.84. The average Bonchev–Trinajstić information content (AvgIpc) is 2.45. The molecule has 2 saturated carbocycles. The summed E-state index contributed by atoms with van der Waals surface area (Å²) in [6.07, 6.45) is 8.74. The summed E-state index contributed by atoms with van der Waals surface area (Å²) in [7, 11) is 0. The second-order valence-electron chi connectivity index (χ2n) is 10.4. The van der Waals surface area contributed by atoms with Gasteiger partial charge in [-0.3, -0.25) is 0 Å². The fraction of sp³-hybridized carbons (Fsp3) is 1.00. The van der Waals surface area contributed by atoms with Crippen LogP contribution in [0.15, 0.2) is 0 Å². The molecule has 23 heavy (non-hydrogen) atoms. The Labute approximate surface area is 148 Å². The molecule has 0 aromatic heterocycles. The maximum absolute atomic E-state index is 2.43. The van der Waals surface area contributed by atoms with Gasteiger partial charge in [0, 0.05) is 0 Å². The van der Waals surface area contributed by atoms with E-state index in [2.05, 4.69) is 62.3 Å². The van der Waals surface area contributed by atoms with Gasteiger partial charge in [-0.2, -0.15) is 0 Å². The van der Waals surface area contributed by atoms with E-state index >= 15 is 0 Å². The van der Waals surface area contributed by atoms with E-state index in [9.17, 15) is 0 Å². The Bertz CT molecular complexity index is 325. The molecule has 0 aromatic carbocycles. The van der Waals surface area contributed by atoms with Crippen molar-refractivity contribution in [3.63, 3.8) is 0 Å². The van der Waals surface area contributed by atoms with Crippen molar-refractivity contribution >= 4 is 0 Å². The van der Waals surface area contributed by atoms with Gasteiger partial charge in [0.1, 0.15) is 0 Å². The van der Waals surface area contributed by atoms with Crippen molar-refractivity contribution in [2.75, 3.05) is 0 Å². The molecule has 0 saturated heterocycles. The minimum Gasteiger partial charge on any atom is -0.0625 e. The summed E-state index contributed by atoms with van der Waals surface area (Å²) in [5, 5.41) is 0. The topological polar surface area (TPSA) is 0 Å². The Morgan fingerprint density at radius 1 is 0.696 bits per heavy atom. The van der Waals surface area contributed by atoms with E-state index in [0.29, 0.717) is 5.41 Å². The first-order chi connectivity index (χ1) is 10.5. The highest BCUT2D eigenvalue weighted by Gasteiger charge is 2.34. The standard InChI is InChI=1S/C12H24.C11H22/c1-9(2)11-6-7-12(4,5)10(3)8-11;1-8(2)11-6-5-9(3)10(4)7-11/h9-11H,6-8H2,1-5H3;8-11H,5-7H2,1-4H3. The van der Waals surface area contributed by atoms with Crippen LogP contribution in [0.2, 0.25) is 0 Å². The number of hydrogen-bond donors (Lipinski definition) is 0. The fourth-order valence-corrected chi connectivity index (χ4v) is 4.49. The first-order valence-corrected chi connectivity index (χ1v) is 10.5. The zero-order chi connectivity index (χ0) is 17.8. The first-order valence-electron chi connectivity index (χ1n) is 10.5. The third-order valence-electron chi connectivity index (χ3n) is 7.67. The van der Waals surface area contributed by atoms with E-state index in [1.165, 1.54) is 38.5 Å². The summed E-state index contributed by atoms with van der Waals surface area (Å²) in [5.74, 6) is 6.67. The molecular formula is C23H46. The molecule has 138 valence electrons. The lowest BCUT2D eigenvalue weighted by Crippen LogP contribution is -2.31. The fourth-order valence-electron chi connectivity index (χ4n) is 4.49. The molecule has 5 atom stereocenters. The summed E-state index contributed by atoms with van der Waals surface area (Å²) in [5.41, 5.74) is 0.603. The molecular weight excluding hydrogens is 276 g/mol. The molecule has 2 aliphatic rings. The Morgan fingerprint density at radius 2 is 1.22 bits per heavy atom. The smallest absolute Gasteiger partial charge is 0.0328 e. The zero-order valence-corrected chi connectivity index (χ0v) is 17.8. The van der Waals surface area contributed by atoms with Crippen molar-refractivity contribution in [2.45, 2.75) is 101 Å². The predicted octanol–water partition coefficient (Wildman–Crippen LogP) is 7.82. The van der Waals surface area contributed by atoms with Gasteiger partial charge >= 0.3 is 0 Å². The summed E-state index contributed by atoms with van der Waals surface area (Å²) in [4.78, 5) is 0. The van der Waals surface area contributed by atoms with Gasteiger partial charge in [-0.25, -0.2) is 0 Å². The van der Waals surface area contributed by atoms with Gasteiger partial charge in [0.25, 0.3) is 0 Å². The maximum Gasteiger partial charge on any atom is -0.0328 e. The van der Waals surface area contributed by atoms with Crippen LogP contribution in [-0.2, 0) is 0 Å². The minimum absolute atomic E-state index is 0.603. The molecule has 0 radical (unpaired) electrons. The lowest BCUT2D eigenvalue weighted by Gasteiger charge is -2.41. The molecule has 0 amide bonds. The van der Waals surface area contributed by atoms with Crippen LogP contribution < -0.4 is 0 Å². The first kappa shape index (κ1) is 21.0. The lowest BCUT2D eigenvalue weighted by molar-refractivity contribution is 0.0913. The normalized spacial score (nSPS) is 37.4. The summed E-state index contributed by atoms with van der Waals surface area (Å²) >= 11 is 0. The second-order valence-corrected chi connectivity index (χ2v) is 10.4. The Hall–Kier alpha value is 0. The number of rotatable bonds is 2. The zero-order valence-electron chi connectivity index (χ0n) is 17.8. The molecule has 0 heterocycles. The summed E-state index contributed by atoms with van der Waals surface area (Å²) in [6.45, 7) is 21.6. The van der Waals surface area contributed by atoms with Gasteiger partial charge in [-0.15, -0.1) is 0 Å². The number of hydrogen-bond acceptors (Lipinski definition) is 0. The van der Waals surface area contributed by atoms with Crippen molar-refractivity contribution in [1.29, 1.82) is 0 Å². The van der Waals surface area contributed by atoms with Crippen LogP contribution in [0.4, 0.5) is 0 Å². The highest BCUT2D eigenvalue weighted by atomic mass is 14.4. The molecule has 0 bridgehead atoms. The quantitative estimate of drug-likeness (QED) is 0.486. The molecule has 2 fully saturated rings. The maximum atomic E-state index is 2.43. The van der Waals surface area contributed by atoms with E-state index < -0.39 is 0 Å². The highest BCUT2D eigenvalue weighted by Crippen LogP contribution is 2.44. The monoisotopic (exact) mass is 322 g/mol. The van der Waals surface area contributed by atoms with Gasteiger partial charge in [0.15, 0.2) is 0 Å². The largest absolute Gasteiger partial charge is 0.0625 e. The average molecular weight is 323 g/mol. The van der Waals surface area contributed by atoms with Crippen LogP contribution in [0, 0.1) is 46.8 Å². The predicted molar refractivity (Wildman–Crippen MR) is 106 cm³/mol. The van der Waals surface area contributed by atoms with Crippen LogP contribution in [0.5, 0.6) is 0 Å². The van der Waals surface area contributed by atoms with E-state index in [4.69, 9.17) is 0 Å². The molecule has 2 rings (SSSR count). The Morgan fingerprint density at radius 3 is 1.65 bits per heavy atom. The van der Waals surface area contributed by atoms with E-state index in [-0.39, 0.29) is 0 Å². The molecule has 0 nitrogen and oxygen atoms in total. The molecule has 0 N–H and O–H groups in total. The lowest BCUT2D eigenvalue weighted by atomic mass is 9.64. The third-order valence-corrected chi connectivity index (χ3v) is 7.67. The second kappa shape index (κ2) is 8.91. The van der Waals surface area contributed by atoms with Crippen LogP contribution in [0.3, 0.4) is 0 Å². The van der Waals surface area contributed by atoms with Gasteiger partial charge < -0.3 is 0 Å². The molecule has 2 aliphatic carbocycles. The third kappa shape index (κ3) is 6.43. The van der Waals surface area contributed by atoms with Crippen LogP contribution in [0.1, 0.15) is 101 Å². The van der Waals surface area contributed by atoms with Crippen molar-refractivity contribution in [2.24, 2.45) is 46.8 Å². The molecule has 0 spiro atoms. The van der Waals surface area contributed by atoms with E-state index in [1.54, 1.807) is 0 Å². The Balaban J connectivity index is 0.000000231. The van der Waals surface area contributed by atoms with Crippen LogP contribution in [-0.4, -0.2) is 0 Å². The van der Waals surface area contributed by atoms with Gasteiger partial charge in [0.05, 0.1) is 0 Å². The van der Waals surface area contributed by atoms with E-state index in [1.807, 2.05) is 0 Å². The Kier molecular flexibility index (Phi) is 8.15. The summed E-state index contributed by atoms with van der Waals surface area (Å²) < 4.78 is 0. The van der Waals surface area contributed by atoms with Gasteiger partial charge in [0.2, 0.25) is 0 Å². The van der Waals surface area contributed by atoms with Crippen LogP contribution >= 0.6 is 0 Å². The van der Waals surface area contributed by atoms with Gasteiger partial charge in [-0.1, -0.05) is 68.7 Å². The van der Waals surface area contributed by atoms with Crippen molar-refractivity contribution in [1.82, 2.24) is 0 Å². The van der Waals surface area contributed by atoms with Crippen molar-refractivity contribution in [3.05, 3.63) is 0 Å². The molecule has 0 aliphatic heterocycles. The molecule has 0 aromatic rings. The molecule has 0 heteroatoms. The van der Waals surface area contributed by atoms with E-state index in [0.717, 1.165) is 41.4 Å². The van der Waals surface area contributed by atoms with Crippen LogP contribution in [0.25, 0.3) is 0 Å².